The van der Waals surface area contributed by atoms with E-state index in [0.29, 0.717) is 23.5 Å². The smallest absolute Gasteiger partial charge is 0.271 e. The fourth-order valence-corrected chi connectivity index (χ4v) is 3.58. The number of ether oxygens (including phenoxy) is 1. The van der Waals surface area contributed by atoms with Crippen molar-refractivity contribution in [2.24, 2.45) is 0 Å². The third-order valence-electron chi connectivity index (χ3n) is 4.09. The molecule has 1 fully saturated rings. The highest BCUT2D eigenvalue weighted by Crippen LogP contribution is 2.23. The highest BCUT2D eigenvalue weighted by atomic mass is 32.1. The fourth-order valence-electron chi connectivity index (χ4n) is 2.87. The largest absolute Gasteiger partial charge is 0.494 e. The van der Waals surface area contributed by atoms with E-state index in [-0.39, 0.29) is 5.91 Å². The average Bonchev–Trinajstić information content (AvgIpc) is 3.06. The number of hydrogen-bond donors (Lipinski definition) is 2. The molecule has 0 unspecified atom stereocenters. The second kappa shape index (κ2) is 8.15. The number of nitrogens with zero attached hydrogens (tertiary/aromatic N) is 1. The van der Waals surface area contributed by atoms with E-state index in [9.17, 15) is 4.79 Å². The van der Waals surface area contributed by atoms with Crippen LogP contribution in [0.25, 0.3) is 0 Å². The highest BCUT2D eigenvalue weighted by Gasteiger charge is 2.18. The summed E-state index contributed by atoms with van der Waals surface area (Å²) >= 11 is 1.43. The van der Waals surface area contributed by atoms with Gasteiger partial charge in [-0.2, -0.15) is 0 Å². The Kier molecular flexibility index (Phi) is 5.69. The van der Waals surface area contributed by atoms with Crippen LogP contribution < -0.4 is 15.4 Å². The molecule has 24 heavy (non-hydrogen) atoms. The van der Waals surface area contributed by atoms with Crippen molar-refractivity contribution < 1.29 is 9.53 Å². The van der Waals surface area contributed by atoms with E-state index in [1.54, 1.807) is 5.38 Å². The molecule has 0 aliphatic heterocycles. The Labute approximate surface area is 146 Å². The van der Waals surface area contributed by atoms with Crippen LogP contribution in [0.3, 0.4) is 0 Å². The van der Waals surface area contributed by atoms with Crippen molar-refractivity contribution in [2.75, 3.05) is 11.9 Å². The zero-order chi connectivity index (χ0) is 16.8. The minimum absolute atomic E-state index is 0.0714. The van der Waals surface area contributed by atoms with Gasteiger partial charge in [0.1, 0.15) is 11.4 Å². The standard InChI is InChI=1S/C18H23N3O2S/c1-2-23-15-10-8-14(9-11-15)20-18-21-16(12-24-18)17(22)19-13-6-4-3-5-7-13/h8-13H,2-7H2,1H3,(H,19,22)(H,20,21). The van der Waals surface area contributed by atoms with Gasteiger partial charge in [-0.1, -0.05) is 19.3 Å². The van der Waals surface area contributed by atoms with Crippen molar-refractivity contribution in [3.05, 3.63) is 35.3 Å². The van der Waals surface area contributed by atoms with Gasteiger partial charge in [0.15, 0.2) is 5.13 Å². The second-order valence-corrected chi connectivity index (χ2v) is 6.79. The second-order valence-electron chi connectivity index (χ2n) is 5.93. The van der Waals surface area contributed by atoms with Gasteiger partial charge in [-0.25, -0.2) is 4.98 Å². The molecule has 6 heteroatoms. The normalized spacial score (nSPS) is 15.0. The zero-order valence-electron chi connectivity index (χ0n) is 13.9. The first kappa shape index (κ1) is 16.8. The summed E-state index contributed by atoms with van der Waals surface area (Å²) in [5.41, 5.74) is 1.41. The van der Waals surface area contributed by atoms with Gasteiger partial charge in [0.25, 0.3) is 5.91 Å². The van der Waals surface area contributed by atoms with Crippen LogP contribution in [-0.4, -0.2) is 23.5 Å². The molecule has 0 saturated heterocycles. The predicted octanol–water partition coefficient (Wildman–Crippen LogP) is 4.35. The van der Waals surface area contributed by atoms with Crippen LogP contribution in [-0.2, 0) is 0 Å². The number of carbonyl (C=O) groups is 1. The van der Waals surface area contributed by atoms with Gasteiger partial charge in [-0.05, 0) is 44.0 Å². The third kappa shape index (κ3) is 4.47. The van der Waals surface area contributed by atoms with E-state index in [1.165, 1.54) is 30.6 Å². The van der Waals surface area contributed by atoms with E-state index in [2.05, 4.69) is 15.6 Å². The average molecular weight is 345 g/mol. The predicted molar refractivity (Wildman–Crippen MR) is 97.3 cm³/mol. The number of rotatable bonds is 6. The van der Waals surface area contributed by atoms with Crippen LogP contribution in [0.4, 0.5) is 10.8 Å². The van der Waals surface area contributed by atoms with Crippen molar-refractivity contribution in [3.8, 4) is 5.75 Å². The molecular formula is C18H23N3O2S. The minimum Gasteiger partial charge on any atom is -0.494 e. The minimum atomic E-state index is -0.0714. The summed E-state index contributed by atoms with van der Waals surface area (Å²) in [6.07, 6.45) is 5.83. The first-order chi connectivity index (χ1) is 11.7. The number of benzene rings is 1. The SMILES string of the molecule is CCOc1ccc(Nc2nc(C(=O)NC3CCCCC3)cs2)cc1. The van der Waals surface area contributed by atoms with E-state index in [4.69, 9.17) is 4.74 Å². The van der Waals surface area contributed by atoms with Gasteiger partial charge in [0, 0.05) is 17.1 Å². The quantitative estimate of drug-likeness (QED) is 0.817. The summed E-state index contributed by atoms with van der Waals surface area (Å²) < 4.78 is 5.43. The monoisotopic (exact) mass is 345 g/mol. The number of amides is 1. The maximum atomic E-state index is 12.3. The number of carbonyl (C=O) groups excluding carboxylic acids is 1. The molecule has 1 aliphatic carbocycles. The van der Waals surface area contributed by atoms with Gasteiger partial charge in [-0.3, -0.25) is 4.79 Å². The zero-order valence-corrected chi connectivity index (χ0v) is 14.7. The van der Waals surface area contributed by atoms with E-state index in [1.807, 2.05) is 31.2 Å². The number of hydrogen-bond acceptors (Lipinski definition) is 5. The Balaban J connectivity index is 1.57. The summed E-state index contributed by atoms with van der Waals surface area (Å²) in [7, 11) is 0. The Morgan fingerprint density at radius 2 is 2.00 bits per heavy atom. The van der Waals surface area contributed by atoms with Crippen molar-refractivity contribution in [2.45, 2.75) is 45.1 Å². The fraction of sp³-hybridized carbons (Fsp3) is 0.444. The van der Waals surface area contributed by atoms with Gasteiger partial charge in [0.2, 0.25) is 0 Å². The van der Waals surface area contributed by atoms with Gasteiger partial charge >= 0.3 is 0 Å². The Bertz CT molecular complexity index is 663. The van der Waals surface area contributed by atoms with Crippen LogP contribution in [0, 0.1) is 0 Å². The summed E-state index contributed by atoms with van der Waals surface area (Å²) in [6.45, 7) is 2.61. The highest BCUT2D eigenvalue weighted by molar-refractivity contribution is 7.14. The van der Waals surface area contributed by atoms with E-state index >= 15 is 0 Å². The van der Waals surface area contributed by atoms with E-state index in [0.717, 1.165) is 24.3 Å². The summed E-state index contributed by atoms with van der Waals surface area (Å²) in [4.78, 5) is 16.7. The molecule has 5 nitrogen and oxygen atoms in total. The lowest BCUT2D eigenvalue weighted by Gasteiger charge is -2.22. The van der Waals surface area contributed by atoms with Crippen LogP contribution in [0.15, 0.2) is 29.6 Å². The molecular weight excluding hydrogens is 322 g/mol. The molecule has 1 amide bonds. The maximum absolute atomic E-state index is 12.3. The molecule has 0 spiro atoms. The van der Waals surface area contributed by atoms with E-state index < -0.39 is 0 Å². The van der Waals surface area contributed by atoms with Crippen LogP contribution in [0.1, 0.15) is 49.5 Å². The lowest BCUT2D eigenvalue weighted by molar-refractivity contribution is 0.0923. The van der Waals surface area contributed by atoms with Crippen molar-refractivity contribution in [1.82, 2.24) is 10.3 Å². The number of nitrogens with one attached hydrogen (secondary N) is 2. The third-order valence-corrected chi connectivity index (χ3v) is 4.85. The number of thiazole rings is 1. The topological polar surface area (TPSA) is 63.2 Å². The molecule has 128 valence electrons. The summed E-state index contributed by atoms with van der Waals surface area (Å²) in [6, 6.07) is 8.00. The number of aromatic nitrogens is 1. The first-order valence-electron chi connectivity index (χ1n) is 8.51. The Morgan fingerprint density at radius 3 is 2.71 bits per heavy atom. The van der Waals surface area contributed by atoms with Crippen molar-refractivity contribution in [1.29, 1.82) is 0 Å². The molecule has 1 aromatic heterocycles. The molecule has 2 N–H and O–H groups in total. The molecule has 3 rings (SSSR count). The Hall–Kier alpha value is -2.08. The molecule has 0 atom stereocenters. The summed E-state index contributed by atoms with van der Waals surface area (Å²) in [5.74, 6) is 0.771. The first-order valence-corrected chi connectivity index (χ1v) is 9.39. The molecule has 1 heterocycles. The molecule has 0 bridgehead atoms. The van der Waals surface area contributed by atoms with Crippen molar-refractivity contribution in [3.63, 3.8) is 0 Å². The molecule has 0 radical (unpaired) electrons. The van der Waals surface area contributed by atoms with Gasteiger partial charge in [0.05, 0.1) is 6.61 Å². The molecule has 2 aromatic rings. The van der Waals surface area contributed by atoms with Gasteiger partial charge < -0.3 is 15.4 Å². The van der Waals surface area contributed by atoms with Gasteiger partial charge in [-0.15, -0.1) is 11.3 Å². The van der Waals surface area contributed by atoms with Crippen LogP contribution in [0.2, 0.25) is 0 Å². The lowest BCUT2D eigenvalue weighted by atomic mass is 9.95. The van der Waals surface area contributed by atoms with Crippen molar-refractivity contribution >= 4 is 28.1 Å². The van der Waals surface area contributed by atoms with Crippen LogP contribution in [0.5, 0.6) is 5.75 Å². The maximum Gasteiger partial charge on any atom is 0.271 e. The molecule has 1 aliphatic rings. The van der Waals surface area contributed by atoms with Crippen LogP contribution >= 0.6 is 11.3 Å². The Morgan fingerprint density at radius 1 is 1.25 bits per heavy atom. The number of anilines is 2. The molecule has 1 saturated carbocycles. The molecule has 1 aromatic carbocycles. The summed E-state index contributed by atoms with van der Waals surface area (Å²) in [5, 5.41) is 8.84. The lowest BCUT2D eigenvalue weighted by Crippen LogP contribution is -2.36.